The van der Waals surface area contributed by atoms with Gasteiger partial charge in [0.05, 0.1) is 7.11 Å². The average molecular weight is 307 g/mol. The Balaban J connectivity index is 1.84. The van der Waals surface area contributed by atoms with Crippen molar-refractivity contribution in [2.75, 3.05) is 7.11 Å². The summed E-state index contributed by atoms with van der Waals surface area (Å²) in [5, 5.41) is 0. The lowest BCUT2D eigenvalue weighted by molar-refractivity contribution is 0.407. The third kappa shape index (κ3) is 3.10. The minimum Gasteiger partial charge on any atom is -0.494 e. The number of aromatic nitrogens is 1. The third-order valence-corrected chi connectivity index (χ3v) is 4.05. The van der Waals surface area contributed by atoms with E-state index >= 15 is 0 Å². The van der Waals surface area contributed by atoms with Gasteiger partial charge in [-0.05, 0) is 28.8 Å². The van der Waals surface area contributed by atoms with Gasteiger partial charge in [-0.2, -0.15) is 0 Å². The molecule has 0 atom stereocenters. The van der Waals surface area contributed by atoms with Crippen molar-refractivity contribution >= 4 is 12.2 Å². The summed E-state index contributed by atoms with van der Waals surface area (Å²) >= 11 is 5.43. The van der Waals surface area contributed by atoms with E-state index < -0.39 is 0 Å². The van der Waals surface area contributed by atoms with Crippen LogP contribution in [-0.4, -0.2) is 11.7 Å². The van der Waals surface area contributed by atoms with Gasteiger partial charge in [0.25, 0.3) is 0 Å². The van der Waals surface area contributed by atoms with Crippen LogP contribution in [0.4, 0.5) is 0 Å². The smallest absolute Gasteiger partial charge is 0.153 e. The second-order valence-electron chi connectivity index (χ2n) is 5.07. The van der Waals surface area contributed by atoms with E-state index in [-0.39, 0.29) is 0 Å². The first-order valence-corrected chi connectivity index (χ1v) is 7.56. The fraction of sp³-hybridized carbons (Fsp3) is 0.105. The minimum atomic E-state index is 0.720. The zero-order chi connectivity index (χ0) is 15.4. The molecule has 3 rings (SSSR count). The first-order chi connectivity index (χ1) is 10.8. The summed E-state index contributed by atoms with van der Waals surface area (Å²) in [6, 6.07) is 22.8. The first-order valence-electron chi connectivity index (χ1n) is 7.16. The largest absolute Gasteiger partial charge is 0.494 e. The van der Waals surface area contributed by atoms with E-state index in [0.717, 1.165) is 16.9 Å². The van der Waals surface area contributed by atoms with Crippen LogP contribution < -0.4 is 4.74 Å². The predicted octanol–water partition coefficient (Wildman–Crippen LogP) is 4.94. The molecule has 0 amide bonds. The molecule has 0 saturated carbocycles. The molecule has 2 nitrogen and oxygen atoms in total. The summed E-state index contributed by atoms with van der Waals surface area (Å²) in [4.78, 5) is 0. The highest BCUT2D eigenvalue weighted by atomic mass is 32.1. The van der Waals surface area contributed by atoms with Crippen LogP contribution in [0.15, 0.2) is 72.9 Å². The standard InChI is InChI=1S/C19H17NOS/c1-21-18-8-5-13-20(19(18)22)14-15-9-11-17(12-10-15)16-6-3-2-4-7-16/h2-13H,14H2,1H3. The number of benzene rings is 2. The quantitative estimate of drug-likeness (QED) is 0.634. The first kappa shape index (κ1) is 14.5. The van der Waals surface area contributed by atoms with E-state index in [1.54, 1.807) is 7.11 Å². The predicted molar refractivity (Wildman–Crippen MR) is 92.8 cm³/mol. The Morgan fingerprint density at radius 2 is 1.55 bits per heavy atom. The van der Waals surface area contributed by atoms with Crippen molar-refractivity contribution in [1.82, 2.24) is 4.57 Å². The topological polar surface area (TPSA) is 14.2 Å². The van der Waals surface area contributed by atoms with Crippen LogP contribution in [0, 0.1) is 4.64 Å². The maximum Gasteiger partial charge on any atom is 0.153 e. The van der Waals surface area contributed by atoms with Crippen LogP contribution in [0.25, 0.3) is 11.1 Å². The van der Waals surface area contributed by atoms with Crippen molar-refractivity contribution in [2.24, 2.45) is 0 Å². The average Bonchev–Trinajstić information content (AvgIpc) is 2.58. The Labute approximate surface area is 135 Å². The van der Waals surface area contributed by atoms with Crippen LogP contribution in [0.5, 0.6) is 5.75 Å². The molecule has 0 aliphatic heterocycles. The highest BCUT2D eigenvalue weighted by Crippen LogP contribution is 2.20. The van der Waals surface area contributed by atoms with Gasteiger partial charge in [0.2, 0.25) is 0 Å². The Hall–Kier alpha value is -2.39. The lowest BCUT2D eigenvalue weighted by Crippen LogP contribution is -2.02. The summed E-state index contributed by atoms with van der Waals surface area (Å²) in [5.41, 5.74) is 3.66. The molecule has 0 fully saturated rings. The summed E-state index contributed by atoms with van der Waals surface area (Å²) < 4.78 is 8.01. The number of rotatable bonds is 4. The Morgan fingerprint density at radius 3 is 2.23 bits per heavy atom. The molecule has 3 heteroatoms. The molecule has 0 N–H and O–H groups in total. The lowest BCUT2D eigenvalue weighted by atomic mass is 10.0. The molecule has 0 unspecified atom stereocenters. The van der Waals surface area contributed by atoms with Gasteiger partial charge in [-0.3, -0.25) is 0 Å². The molecule has 0 saturated heterocycles. The van der Waals surface area contributed by atoms with Crippen molar-refractivity contribution in [1.29, 1.82) is 0 Å². The Kier molecular flexibility index (Phi) is 4.35. The molecule has 2 aromatic carbocycles. The molecule has 110 valence electrons. The van der Waals surface area contributed by atoms with Crippen molar-refractivity contribution < 1.29 is 4.74 Å². The molecule has 0 radical (unpaired) electrons. The zero-order valence-electron chi connectivity index (χ0n) is 12.4. The molecule has 3 aromatic rings. The van der Waals surface area contributed by atoms with Crippen molar-refractivity contribution in [3.63, 3.8) is 0 Å². The summed E-state index contributed by atoms with van der Waals surface area (Å²) in [6.45, 7) is 0.741. The van der Waals surface area contributed by atoms with Gasteiger partial charge >= 0.3 is 0 Å². The maximum absolute atomic E-state index is 5.43. The summed E-state index contributed by atoms with van der Waals surface area (Å²) in [6.07, 6.45) is 1.98. The van der Waals surface area contributed by atoms with Gasteiger partial charge in [-0.25, -0.2) is 0 Å². The number of hydrogen-bond acceptors (Lipinski definition) is 2. The molecule has 0 aliphatic carbocycles. The van der Waals surface area contributed by atoms with E-state index in [1.165, 1.54) is 16.7 Å². The number of ether oxygens (including phenoxy) is 1. The third-order valence-electron chi connectivity index (χ3n) is 3.62. The Morgan fingerprint density at radius 1 is 0.864 bits per heavy atom. The number of pyridine rings is 1. The van der Waals surface area contributed by atoms with E-state index in [4.69, 9.17) is 17.0 Å². The van der Waals surface area contributed by atoms with Crippen LogP contribution in [0.2, 0.25) is 0 Å². The molecule has 1 heterocycles. The summed E-state index contributed by atoms with van der Waals surface area (Å²) in [7, 11) is 1.64. The van der Waals surface area contributed by atoms with Crippen LogP contribution in [-0.2, 0) is 6.54 Å². The lowest BCUT2D eigenvalue weighted by Gasteiger charge is -2.10. The van der Waals surface area contributed by atoms with Crippen molar-refractivity contribution in [3.8, 4) is 16.9 Å². The van der Waals surface area contributed by atoms with Gasteiger partial charge in [0, 0.05) is 12.7 Å². The van der Waals surface area contributed by atoms with E-state index in [1.807, 2.05) is 29.0 Å². The molecular formula is C19H17NOS. The summed E-state index contributed by atoms with van der Waals surface area (Å²) in [5.74, 6) is 0.735. The van der Waals surface area contributed by atoms with Crippen molar-refractivity contribution in [2.45, 2.75) is 6.54 Å². The normalized spacial score (nSPS) is 10.4. The monoisotopic (exact) mass is 307 g/mol. The molecule has 22 heavy (non-hydrogen) atoms. The fourth-order valence-corrected chi connectivity index (χ4v) is 2.70. The van der Waals surface area contributed by atoms with Crippen LogP contribution in [0.1, 0.15) is 5.56 Å². The molecule has 0 bridgehead atoms. The van der Waals surface area contributed by atoms with Gasteiger partial charge in [0.15, 0.2) is 5.75 Å². The highest BCUT2D eigenvalue weighted by Gasteiger charge is 2.01. The highest BCUT2D eigenvalue weighted by molar-refractivity contribution is 7.71. The van der Waals surface area contributed by atoms with Gasteiger partial charge in [0.1, 0.15) is 4.64 Å². The van der Waals surface area contributed by atoms with Gasteiger partial charge in [-0.15, -0.1) is 0 Å². The number of hydrogen-bond donors (Lipinski definition) is 0. The molecule has 0 spiro atoms. The Bertz CT molecular complexity index is 807. The zero-order valence-corrected chi connectivity index (χ0v) is 13.2. The minimum absolute atomic E-state index is 0.720. The number of nitrogens with zero attached hydrogens (tertiary/aromatic N) is 1. The molecule has 1 aromatic heterocycles. The second-order valence-corrected chi connectivity index (χ2v) is 5.46. The van der Waals surface area contributed by atoms with Crippen LogP contribution >= 0.6 is 12.2 Å². The van der Waals surface area contributed by atoms with E-state index in [9.17, 15) is 0 Å². The SMILES string of the molecule is COc1cccn(Cc2ccc(-c3ccccc3)cc2)c1=S. The number of methoxy groups -OCH3 is 1. The van der Waals surface area contributed by atoms with Crippen molar-refractivity contribution in [3.05, 3.63) is 83.1 Å². The molecular weight excluding hydrogens is 290 g/mol. The van der Waals surface area contributed by atoms with E-state index in [0.29, 0.717) is 0 Å². The van der Waals surface area contributed by atoms with E-state index in [2.05, 4.69) is 48.5 Å². The van der Waals surface area contributed by atoms with Gasteiger partial charge < -0.3 is 9.30 Å². The molecule has 0 aliphatic rings. The maximum atomic E-state index is 5.43. The second kappa shape index (κ2) is 6.58. The fourth-order valence-electron chi connectivity index (χ4n) is 2.42. The van der Waals surface area contributed by atoms with Gasteiger partial charge in [-0.1, -0.05) is 66.8 Å². The van der Waals surface area contributed by atoms with Crippen LogP contribution in [0.3, 0.4) is 0 Å².